The van der Waals surface area contributed by atoms with E-state index in [0.717, 1.165) is 30.8 Å². The van der Waals surface area contributed by atoms with Crippen LogP contribution in [0.25, 0.3) is 0 Å². The molecule has 0 unspecified atom stereocenters. The lowest BCUT2D eigenvalue weighted by molar-refractivity contribution is 0.0699. The van der Waals surface area contributed by atoms with Gasteiger partial charge >= 0.3 is 0 Å². The standard InChI is InChI=1S/C20H20N4O3S/c1-26-15-4-6-16(7-5-15)27-19-18(21-8-9-22-19)14-3-2-10-24(11-14)20(25)17-12-28-13-23-17/h4-9,12-14H,2-3,10-11H2,1H3/t14-/m0/s1. The molecule has 1 fully saturated rings. The van der Waals surface area contributed by atoms with Crippen molar-refractivity contribution in [3.63, 3.8) is 0 Å². The molecule has 2 aromatic heterocycles. The minimum Gasteiger partial charge on any atom is -0.497 e. The molecule has 0 radical (unpaired) electrons. The van der Waals surface area contributed by atoms with E-state index in [2.05, 4.69) is 15.0 Å². The van der Waals surface area contributed by atoms with Crippen LogP contribution in [0.1, 0.15) is 34.9 Å². The maximum Gasteiger partial charge on any atom is 0.273 e. The van der Waals surface area contributed by atoms with Crippen LogP contribution in [-0.2, 0) is 0 Å². The Labute approximate surface area is 167 Å². The summed E-state index contributed by atoms with van der Waals surface area (Å²) in [6.45, 7) is 1.30. The third kappa shape index (κ3) is 3.96. The molecular weight excluding hydrogens is 376 g/mol. The highest BCUT2D eigenvalue weighted by Crippen LogP contribution is 2.33. The molecule has 4 rings (SSSR count). The van der Waals surface area contributed by atoms with E-state index in [4.69, 9.17) is 9.47 Å². The number of hydrogen-bond acceptors (Lipinski definition) is 7. The summed E-state index contributed by atoms with van der Waals surface area (Å²) in [6, 6.07) is 7.33. The highest BCUT2D eigenvalue weighted by Gasteiger charge is 2.29. The molecule has 7 nitrogen and oxygen atoms in total. The van der Waals surface area contributed by atoms with Crippen molar-refractivity contribution in [2.24, 2.45) is 0 Å². The maximum atomic E-state index is 12.7. The first kappa shape index (κ1) is 18.4. The lowest BCUT2D eigenvalue weighted by Gasteiger charge is -2.32. The lowest BCUT2D eigenvalue weighted by atomic mass is 9.94. The monoisotopic (exact) mass is 396 g/mol. The van der Waals surface area contributed by atoms with Crippen molar-refractivity contribution in [2.45, 2.75) is 18.8 Å². The summed E-state index contributed by atoms with van der Waals surface area (Å²) in [5.74, 6) is 1.93. The molecule has 0 N–H and O–H groups in total. The number of nitrogens with zero attached hydrogens (tertiary/aromatic N) is 4. The highest BCUT2D eigenvalue weighted by molar-refractivity contribution is 7.07. The Morgan fingerprint density at radius 1 is 1.14 bits per heavy atom. The van der Waals surface area contributed by atoms with Crippen molar-refractivity contribution in [3.8, 4) is 17.4 Å². The first-order valence-corrected chi connectivity index (χ1v) is 9.99. The number of carbonyl (C=O) groups is 1. The van der Waals surface area contributed by atoms with E-state index < -0.39 is 0 Å². The van der Waals surface area contributed by atoms with Crippen molar-refractivity contribution in [2.75, 3.05) is 20.2 Å². The number of benzene rings is 1. The van der Waals surface area contributed by atoms with Gasteiger partial charge in [-0.2, -0.15) is 0 Å². The van der Waals surface area contributed by atoms with Gasteiger partial charge in [0, 0.05) is 36.8 Å². The normalized spacial score (nSPS) is 16.6. The summed E-state index contributed by atoms with van der Waals surface area (Å²) in [4.78, 5) is 27.6. The van der Waals surface area contributed by atoms with Crippen LogP contribution in [0, 0.1) is 0 Å². The highest BCUT2D eigenvalue weighted by atomic mass is 32.1. The van der Waals surface area contributed by atoms with Crippen LogP contribution < -0.4 is 9.47 Å². The molecule has 1 aromatic carbocycles. The summed E-state index contributed by atoms with van der Waals surface area (Å²) >= 11 is 1.43. The van der Waals surface area contributed by atoms with E-state index in [1.807, 2.05) is 29.2 Å². The summed E-state index contributed by atoms with van der Waals surface area (Å²) < 4.78 is 11.2. The van der Waals surface area contributed by atoms with Gasteiger partial charge < -0.3 is 14.4 Å². The van der Waals surface area contributed by atoms with Crippen LogP contribution in [0.3, 0.4) is 0 Å². The molecule has 1 aliphatic heterocycles. The molecule has 0 aliphatic carbocycles. The van der Waals surface area contributed by atoms with Crippen molar-refractivity contribution in [1.82, 2.24) is 19.9 Å². The number of methoxy groups -OCH3 is 1. The van der Waals surface area contributed by atoms with Crippen LogP contribution in [0.4, 0.5) is 0 Å². The Balaban J connectivity index is 1.52. The molecule has 1 atom stereocenters. The second kappa shape index (κ2) is 8.35. The van der Waals surface area contributed by atoms with Crippen molar-refractivity contribution in [3.05, 3.63) is 58.9 Å². The molecule has 1 aliphatic rings. The molecule has 3 heterocycles. The Morgan fingerprint density at radius 3 is 2.68 bits per heavy atom. The molecule has 0 spiro atoms. The fourth-order valence-electron chi connectivity index (χ4n) is 3.32. The number of ether oxygens (including phenoxy) is 2. The van der Waals surface area contributed by atoms with Gasteiger partial charge in [0.1, 0.15) is 22.9 Å². The number of thiazole rings is 1. The third-order valence-electron chi connectivity index (χ3n) is 4.71. The van der Waals surface area contributed by atoms with Gasteiger partial charge in [-0.1, -0.05) is 0 Å². The number of piperidine rings is 1. The summed E-state index contributed by atoms with van der Waals surface area (Å²) in [5.41, 5.74) is 2.95. The first-order valence-electron chi connectivity index (χ1n) is 9.05. The fraction of sp³-hybridized carbons (Fsp3) is 0.300. The van der Waals surface area contributed by atoms with Gasteiger partial charge in [0.05, 0.1) is 12.6 Å². The van der Waals surface area contributed by atoms with Gasteiger partial charge in [-0.15, -0.1) is 11.3 Å². The predicted molar refractivity (Wildman–Crippen MR) is 105 cm³/mol. The van der Waals surface area contributed by atoms with E-state index >= 15 is 0 Å². The Bertz CT molecular complexity index is 931. The topological polar surface area (TPSA) is 77.4 Å². The fourth-order valence-corrected chi connectivity index (χ4v) is 3.84. The van der Waals surface area contributed by atoms with Gasteiger partial charge in [-0.3, -0.25) is 9.78 Å². The summed E-state index contributed by atoms with van der Waals surface area (Å²) in [6.07, 6.45) is 5.11. The molecule has 8 heteroatoms. The molecule has 28 heavy (non-hydrogen) atoms. The van der Waals surface area contributed by atoms with Crippen molar-refractivity contribution >= 4 is 17.2 Å². The van der Waals surface area contributed by atoms with E-state index in [1.165, 1.54) is 11.3 Å². The molecule has 1 saturated heterocycles. The van der Waals surface area contributed by atoms with E-state index in [9.17, 15) is 4.79 Å². The van der Waals surface area contributed by atoms with Crippen LogP contribution >= 0.6 is 11.3 Å². The number of rotatable bonds is 5. The van der Waals surface area contributed by atoms with Gasteiger partial charge in [-0.05, 0) is 37.1 Å². The molecule has 3 aromatic rings. The third-order valence-corrected chi connectivity index (χ3v) is 5.30. The summed E-state index contributed by atoms with van der Waals surface area (Å²) in [5, 5.41) is 1.78. The molecule has 1 amide bonds. The van der Waals surface area contributed by atoms with Gasteiger partial charge in [0.2, 0.25) is 5.88 Å². The minimum atomic E-state index is -0.0348. The van der Waals surface area contributed by atoms with Crippen molar-refractivity contribution in [1.29, 1.82) is 0 Å². The number of hydrogen-bond donors (Lipinski definition) is 0. The SMILES string of the molecule is COc1ccc(Oc2nccnc2[C@H]2CCCN(C(=O)c3cscn3)C2)cc1. The molecule has 0 bridgehead atoms. The number of aromatic nitrogens is 3. The molecule has 0 saturated carbocycles. The van der Waals surface area contributed by atoms with E-state index in [1.54, 1.807) is 30.4 Å². The second-order valence-electron chi connectivity index (χ2n) is 6.49. The maximum absolute atomic E-state index is 12.7. The second-order valence-corrected chi connectivity index (χ2v) is 7.21. The zero-order chi connectivity index (χ0) is 19.3. The number of carbonyl (C=O) groups excluding carboxylic acids is 1. The van der Waals surface area contributed by atoms with Gasteiger partial charge in [0.15, 0.2) is 0 Å². The van der Waals surface area contributed by atoms with Crippen molar-refractivity contribution < 1.29 is 14.3 Å². The van der Waals surface area contributed by atoms with Crippen LogP contribution in [-0.4, -0.2) is 46.0 Å². The number of likely N-dealkylation sites (tertiary alicyclic amines) is 1. The number of amides is 1. The molecular formula is C20H20N4O3S. The van der Waals surface area contributed by atoms with Crippen LogP contribution in [0.5, 0.6) is 17.4 Å². The Morgan fingerprint density at radius 2 is 1.93 bits per heavy atom. The van der Waals surface area contributed by atoms with Gasteiger partial charge in [-0.25, -0.2) is 9.97 Å². The Hall–Kier alpha value is -3.00. The zero-order valence-electron chi connectivity index (χ0n) is 15.4. The van der Waals surface area contributed by atoms with Crippen LogP contribution in [0.15, 0.2) is 47.5 Å². The summed E-state index contributed by atoms with van der Waals surface area (Å²) in [7, 11) is 1.62. The van der Waals surface area contributed by atoms with Gasteiger partial charge in [0.25, 0.3) is 5.91 Å². The quantitative estimate of drug-likeness (QED) is 0.654. The Kier molecular flexibility index (Phi) is 5.48. The average Bonchev–Trinajstić information content (AvgIpc) is 3.29. The minimum absolute atomic E-state index is 0.0348. The lowest BCUT2D eigenvalue weighted by Crippen LogP contribution is -2.39. The molecule has 144 valence electrons. The predicted octanol–water partition coefficient (Wildman–Crippen LogP) is 3.75. The first-order chi connectivity index (χ1) is 13.7. The smallest absolute Gasteiger partial charge is 0.273 e. The largest absolute Gasteiger partial charge is 0.497 e. The van der Waals surface area contributed by atoms with Crippen LogP contribution in [0.2, 0.25) is 0 Å². The zero-order valence-corrected chi connectivity index (χ0v) is 16.3. The van der Waals surface area contributed by atoms with E-state index in [-0.39, 0.29) is 11.8 Å². The van der Waals surface area contributed by atoms with E-state index in [0.29, 0.717) is 23.9 Å². The average molecular weight is 396 g/mol.